The van der Waals surface area contributed by atoms with Crippen LogP contribution in [0.4, 0.5) is 17.6 Å². The Morgan fingerprint density at radius 1 is 1.25 bits per heavy atom. The molecule has 0 aliphatic heterocycles. The van der Waals surface area contributed by atoms with E-state index >= 15 is 0 Å². The summed E-state index contributed by atoms with van der Waals surface area (Å²) >= 11 is 2.86. The minimum Gasteiger partial charge on any atom is -0.153 e. The van der Waals surface area contributed by atoms with Crippen molar-refractivity contribution in [1.82, 2.24) is 0 Å². The first-order chi connectivity index (χ1) is 2.94. The molecule has 0 aliphatic carbocycles. The van der Waals surface area contributed by atoms with Crippen molar-refractivity contribution in [2.24, 2.45) is 0 Å². The van der Waals surface area contributed by atoms with Crippen LogP contribution < -0.4 is 0 Å². The fourth-order valence-corrected chi connectivity index (χ4v) is 0. The molecule has 0 spiro atoms. The van der Waals surface area contributed by atoms with Crippen molar-refractivity contribution in [1.29, 1.82) is 0 Å². The molecule has 0 aliphatic rings. The molecule has 0 aromatic carbocycles. The maximum absolute atomic E-state index is 10.8. The van der Waals surface area contributed by atoms with E-state index in [1.807, 2.05) is 0 Å². The van der Waals surface area contributed by atoms with Crippen molar-refractivity contribution in [2.75, 3.05) is 0 Å². The molecule has 0 radical (unpaired) electrons. The molecule has 0 rings (SSSR count). The van der Waals surface area contributed by atoms with Gasteiger partial charge in [-0.15, -0.1) is 0 Å². The van der Waals surface area contributed by atoms with Crippen LogP contribution in [-0.2, 0) is 15.0 Å². The Morgan fingerprint density at radius 2 is 1.38 bits per heavy atom. The van der Waals surface area contributed by atoms with Crippen molar-refractivity contribution in [3.63, 3.8) is 0 Å². The molecule has 0 aromatic heterocycles. The summed E-state index contributed by atoms with van der Waals surface area (Å²) in [6.07, 6.45) is -4.92. The Bertz CT molecular complexity index is 86.5. The van der Waals surface area contributed by atoms with Crippen LogP contribution in [0, 0.1) is 0 Å². The minimum absolute atomic E-state index is 0. The third-order valence-corrected chi connectivity index (χ3v) is 0.477. The first kappa shape index (κ1) is 11.3. The fourth-order valence-electron chi connectivity index (χ4n) is 0. The van der Waals surface area contributed by atoms with E-state index in [-0.39, 0.29) is 9.90 Å². The molecule has 0 N–H and O–H groups in total. The van der Waals surface area contributed by atoms with Gasteiger partial charge in [0.05, 0.1) is 0 Å². The van der Waals surface area contributed by atoms with Crippen molar-refractivity contribution < 1.29 is 32.6 Å². The van der Waals surface area contributed by atoms with Crippen LogP contribution in [0.3, 0.4) is 0 Å². The third kappa shape index (κ3) is 4.67. The fraction of sp³-hybridized carbons (Fsp3) is 0.500. The molecule has 0 saturated heterocycles. The summed E-state index contributed by atoms with van der Waals surface area (Å²) in [5.41, 5.74) is 0. The number of alkyl halides is 3. The van der Waals surface area contributed by atoms with Crippen molar-refractivity contribution in [3.8, 4) is 0 Å². The number of halogens is 4. The largest absolute Gasteiger partial charge is 0.153 e. The van der Waals surface area contributed by atoms with Crippen LogP contribution in [0.1, 0.15) is 0 Å². The molecule has 8 heavy (non-hydrogen) atoms. The molecule has 6 heteroatoms. The molecule has 0 fully saturated rings. The second-order valence-corrected chi connectivity index (χ2v) is 1.16. The smallest absolute Gasteiger partial charge is 0.153 e. The molecule has 0 aromatic rings. The van der Waals surface area contributed by atoms with E-state index in [0.717, 1.165) is 0 Å². The van der Waals surface area contributed by atoms with E-state index in [1.165, 1.54) is 0 Å². The summed E-state index contributed by atoms with van der Waals surface area (Å²) in [5.74, 6) is 0. The van der Waals surface area contributed by atoms with Crippen LogP contribution >= 0.6 is 9.90 Å². The first-order valence-corrected chi connectivity index (χ1v) is 1.66. The normalized spacial score (nSPS) is 10.2. The van der Waals surface area contributed by atoms with Gasteiger partial charge in [0.15, 0.2) is 0 Å². The van der Waals surface area contributed by atoms with Gasteiger partial charge in [-0.2, -0.15) is 9.90 Å². The molecule has 0 saturated carbocycles. The predicted molar refractivity (Wildman–Crippen MR) is 23.3 cm³/mol. The molecule has 54 valence electrons. The van der Waals surface area contributed by atoms with Gasteiger partial charge in [0.25, 0.3) is 0 Å². The van der Waals surface area contributed by atoms with Crippen LogP contribution in [0.5, 0.6) is 0 Å². The molecule has 0 nitrogen and oxygen atoms in total. The Labute approximate surface area is 54.2 Å². The Hall–Kier alpha value is 0.514. The van der Waals surface area contributed by atoms with Gasteiger partial charge in [-0.05, 0) is 0 Å². The maximum Gasteiger partial charge on any atom is -0.153 e. The topological polar surface area (TPSA) is 0 Å². The summed E-state index contributed by atoms with van der Waals surface area (Å²) in [5, 5.41) is 0. The van der Waals surface area contributed by atoms with Gasteiger partial charge < -0.3 is 0 Å². The molecule has 1 unspecified atom stereocenters. The summed E-state index contributed by atoms with van der Waals surface area (Å²) in [6, 6.07) is 0. The zero-order valence-corrected chi connectivity index (χ0v) is 5.94. The van der Waals surface area contributed by atoms with Gasteiger partial charge >= 0.3 is 43.5 Å². The average Bonchev–Trinajstić information content (AvgIpc) is 1.31. The molecular weight excluding hydrogens is 190 g/mol. The Balaban J connectivity index is 0. The van der Waals surface area contributed by atoms with E-state index < -0.39 is 10.9 Å². The first-order valence-electron chi connectivity index (χ1n) is 1.16. The molecule has 0 heterocycles. The summed E-state index contributed by atoms with van der Waals surface area (Å²) < 4.78 is 40.5. The van der Waals surface area contributed by atoms with Crippen molar-refractivity contribution in [3.05, 3.63) is 0 Å². The summed E-state index contributed by atoms with van der Waals surface area (Å²) in [6.45, 7) is 0. The molecular formula is C2H3F4NiP. The predicted octanol–water partition coefficient (Wildman–Crippen LogP) is 1.25. The average molecular weight is 193 g/mol. The van der Waals surface area contributed by atoms with Crippen LogP contribution in [0.2, 0.25) is 0 Å². The second-order valence-electron chi connectivity index (χ2n) is 0.731. The summed E-state index contributed by atoms with van der Waals surface area (Å²) in [7, 11) is 0. The standard InChI is InChI=1S/C2F4.Ni.H3P/c3-1-2(4,5)6;;/h;;1H3. The van der Waals surface area contributed by atoms with Gasteiger partial charge in [0, 0.05) is 0 Å². The van der Waals surface area contributed by atoms with Crippen LogP contribution in [0.15, 0.2) is 0 Å². The van der Waals surface area contributed by atoms with Gasteiger partial charge in [0.2, 0.25) is 0 Å². The Morgan fingerprint density at radius 3 is 1.38 bits per heavy atom. The van der Waals surface area contributed by atoms with Crippen molar-refractivity contribution >= 4 is 14.6 Å². The number of hydrogen-bond acceptors (Lipinski definition) is 0. The molecule has 0 amide bonds. The van der Waals surface area contributed by atoms with E-state index in [1.54, 1.807) is 0 Å². The SMILES string of the molecule is F[C](=[Ni])C(F)(F)F.P. The van der Waals surface area contributed by atoms with Crippen molar-refractivity contribution in [2.45, 2.75) is 6.18 Å². The number of hydrogen-bond donors (Lipinski definition) is 0. The second kappa shape index (κ2) is 3.52. The van der Waals surface area contributed by atoms with Crippen LogP contribution in [0.25, 0.3) is 0 Å². The minimum atomic E-state index is -4.92. The van der Waals surface area contributed by atoms with Gasteiger partial charge in [-0.25, -0.2) is 0 Å². The summed E-state index contributed by atoms with van der Waals surface area (Å²) in [4.78, 5) is 0. The van der Waals surface area contributed by atoms with E-state index in [0.29, 0.717) is 0 Å². The van der Waals surface area contributed by atoms with E-state index in [9.17, 15) is 17.6 Å². The molecule has 1 atom stereocenters. The Kier molecular flexibility index (Phi) is 4.99. The maximum atomic E-state index is 10.8. The van der Waals surface area contributed by atoms with E-state index in [2.05, 4.69) is 15.0 Å². The quantitative estimate of drug-likeness (QED) is 0.308. The zero-order valence-electron chi connectivity index (χ0n) is 3.54. The van der Waals surface area contributed by atoms with Gasteiger partial charge in [-0.3, -0.25) is 0 Å². The zero-order chi connectivity index (χ0) is 6.08. The van der Waals surface area contributed by atoms with Gasteiger partial charge in [0.1, 0.15) is 0 Å². The third-order valence-electron chi connectivity index (χ3n) is 0.197. The molecule has 0 bridgehead atoms. The van der Waals surface area contributed by atoms with E-state index in [4.69, 9.17) is 0 Å². The number of rotatable bonds is 0. The van der Waals surface area contributed by atoms with Gasteiger partial charge in [-0.1, -0.05) is 0 Å². The van der Waals surface area contributed by atoms with Crippen LogP contribution in [-0.4, -0.2) is 10.9 Å². The monoisotopic (exact) mass is 192 g/mol.